The van der Waals surface area contributed by atoms with Crippen molar-refractivity contribution in [2.75, 3.05) is 14.2 Å². The molecule has 5 nitrogen and oxygen atoms in total. The Hall–Kier alpha value is -2.04. The van der Waals surface area contributed by atoms with Gasteiger partial charge in [0.2, 0.25) is 6.20 Å². The number of ether oxygens (including phenoxy) is 2. The van der Waals surface area contributed by atoms with Gasteiger partial charge in [-0.1, -0.05) is 0 Å². The first-order valence-corrected chi connectivity index (χ1v) is 4.62. The van der Waals surface area contributed by atoms with Crippen LogP contribution in [0.25, 0.3) is 6.08 Å². The quantitative estimate of drug-likeness (QED) is 0.580. The van der Waals surface area contributed by atoms with Gasteiger partial charge in [0.25, 0.3) is 0 Å². The smallest absolute Gasteiger partial charge is 0.235 e. The van der Waals surface area contributed by atoms with E-state index >= 15 is 0 Å². The molecule has 0 amide bonds. The molecule has 16 heavy (non-hydrogen) atoms. The fourth-order valence-electron chi connectivity index (χ4n) is 1.35. The van der Waals surface area contributed by atoms with Crippen LogP contribution in [0.15, 0.2) is 18.3 Å². The third-order valence-electron chi connectivity index (χ3n) is 2.16. The molecule has 86 valence electrons. The van der Waals surface area contributed by atoms with Gasteiger partial charge in [-0.15, -0.1) is 0 Å². The number of hydrogen-bond donors (Lipinski definition) is 0. The Morgan fingerprint density at radius 2 is 1.75 bits per heavy atom. The summed E-state index contributed by atoms with van der Waals surface area (Å²) in [5.41, 5.74) is 1.53. The van der Waals surface area contributed by atoms with Crippen molar-refractivity contribution in [3.05, 3.63) is 39.6 Å². The van der Waals surface area contributed by atoms with Crippen LogP contribution in [0.2, 0.25) is 0 Å². The van der Waals surface area contributed by atoms with Gasteiger partial charge >= 0.3 is 0 Å². The summed E-state index contributed by atoms with van der Waals surface area (Å²) in [5.74, 6) is 1.28. The van der Waals surface area contributed by atoms with Gasteiger partial charge in [-0.25, -0.2) is 0 Å². The Labute approximate surface area is 93.4 Å². The second-order valence-corrected chi connectivity index (χ2v) is 3.15. The highest BCUT2D eigenvalue weighted by molar-refractivity contribution is 5.58. The lowest BCUT2D eigenvalue weighted by Gasteiger charge is -2.10. The van der Waals surface area contributed by atoms with E-state index in [1.54, 1.807) is 26.4 Å². The highest BCUT2D eigenvalue weighted by atomic mass is 16.6. The van der Waals surface area contributed by atoms with E-state index in [1.165, 1.54) is 6.08 Å². The van der Waals surface area contributed by atoms with Crippen LogP contribution in [0, 0.1) is 17.0 Å². The SMILES string of the molecule is COc1cc(C=C[N+](=O)[O-])cc(OC)c1C. The van der Waals surface area contributed by atoms with E-state index in [0.717, 1.165) is 11.8 Å². The summed E-state index contributed by atoms with van der Waals surface area (Å²) in [6.07, 6.45) is 2.27. The maximum Gasteiger partial charge on any atom is 0.235 e. The summed E-state index contributed by atoms with van der Waals surface area (Å²) in [6.45, 7) is 1.86. The number of rotatable bonds is 4. The van der Waals surface area contributed by atoms with Gasteiger partial charge in [-0.3, -0.25) is 10.1 Å². The Balaban J connectivity index is 3.16. The first kappa shape index (κ1) is 12.0. The molecule has 0 aliphatic carbocycles. The fraction of sp³-hybridized carbons (Fsp3) is 0.273. The first-order valence-electron chi connectivity index (χ1n) is 4.62. The van der Waals surface area contributed by atoms with Gasteiger partial charge in [0.05, 0.1) is 19.1 Å². The molecule has 1 aromatic carbocycles. The third-order valence-corrected chi connectivity index (χ3v) is 2.16. The Morgan fingerprint density at radius 3 is 2.12 bits per heavy atom. The molecular weight excluding hydrogens is 210 g/mol. The summed E-state index contributed by atoms with van der Waals surface area (Å²) < 4.78 is 10.3. The molecule has 0 heterocycles. The minimum Gasteiger partial charge on any atom is -0.496 e. The van der Waals surface area contributed by atoms with Crippen LogP contribution in [0.4, 0.5) is 0 Å². The fourth-order valence-corrected chi connectivity index (χ4v) is 1.35. The Bertz CT molecular complexity index is 401. The van der Waals surface area contributed by atoms with Crippen molar-refractivity contribution in [2.24, 2.45) is 0 Å². The molecule has 0 saturated heterocycles. The number of methoxy groups -OCH3 is 2. The zero-order valence-electron chi connectivity index (χ0n) is 9.39. The molecule has 1 rings (SSSR count). The molecule has 0 radical (unpaired) electrons. The highest BCUT2D eigenvalue weighted by Crippen LogP contribution is 2.29. The van der Waals surface area contributed by atoms with Gasteiger partial charge in [-0.05, 0) is 24.6 Å². The highest BCUT2D eigenvalue weighted by Gasteiger charge is 2.07. The maximum atomic E-state index is 10.2. The average Bonchev–Trinajstić information content (AvgIpc) is 2.27. The number of benzene rings is 1. The zero-order valence-corrected chi connectivity index (χ0v) is 9.39. The lowest BCUT2D eigenvalue weighted by atomic mass is 10.1. The molecule has 0 fully saturated rings. The molecule has 0 bridgehead atoms. The van der Waals surface area contributed by atoms with Crippen LogP contribution in [0.3, 0.4) is 0 Å². The van der Waals surface area contributed by atoms with Crippen LogP contribution in [0.5, 0.6) is 11.5 Å². The van der Waals surface area contributed by atoms with Crippen molar-refractivity contribution in [1.29, 1.82) is 0 Å². The van der Waals surface area contributed by atoms with Crippen molar-refractivity contribution in [3.8, 4) is 11.5 Å². The van der Waals surface area contributed by atoms with Gasteiger partial charge in [0.15, 0.2) is 0 Å². The molecule has 0 atom stereocenters. The van der Waals surface area contributed by atoms with Crippen molar-refractivity contribution >= 4 is 6.08 Å². The summed E-state index contributed by atoms with van der Waals surface area (Å²) in [4.78, 5) is 9.69. The van der Waals surface area contributed by atoms with E-state index in [1.807, 2.05) is 6.92 Å². The largest absolute Gasteiger partial charge is 0.496 e. The molecular formula is C11H13NO4. The minimum absolute atomic E-state index is 0.515. The van der Waals surface area contributed by atoms with Crippen molar-refractivity contribution in [3.63, 3.8) is 0 Å². The van der Waals surface area contributed by atoms with Crippen LogP contribution in [0.1, 0.15) is 11.1 Å². The lowest BCUT2D eigenvalue weighted by molar-refractivity contribution is -0.400. The van der Waals surface area contributed by atoms with Gasteiger partial charge < -0.3 is 9.47 Å². The third kappa shape index (κ3) is 2.73. The topological polar surface area (TPSA) is 61.6 Å². The molecule has 5 heteroatoms. The van der Waals surface area contributed by atoms with Crippen LogP contribution in [-0.4, -0.2) is 19.1 Å². The van der Waals surface area contributed by atoms with Crippen molar-refractivity contribution in [2.45, 2.75) is 6.92 Å². The van der Waals surface area contributed by atoms with Crippen LogP contribution in [-0.2, 0) is 0 Å². The van der Waals surface area contributed by atoms with Gasteiger partial charge in [-0.2, -0.15) is 0 Å². The monoisotopic (exact) mass is 223 g/mol. The number of nitrogens with zero attached hydrogens (tertiary/aromatic N) is 1. The predicted molar refractivity (Wildman–Crippen MR) is 60.3 cm³/mol. The minimum atomic E-state index is -0.515. The molecule has 1 aromatic rings. The molecule has 0 unspecified atom stereocenters. The van der Waals surface area contributed by atoms with Crippen LogP contribution < -0.4 is 9.47 Å². The molecule has 0 N–H and O–H groups in total. The molecule has 0 aromatic heterocycles. The van der Waals surface area contributed by atoms with E-state index in [9.17, 15) is 10.1 Å². The normalized spacial score (nSPS) is 10.4. The molecule has 0 aliphatic rings. The van der Waals surface area contributed by atoms with Crippen LogP contribution >= 0.6 is 0 Å². The maximum absolute atomic E-state index is 10.2. The second-order valence-electron chi connectivity index (χ2n) is 3.15. The summed E-state index contributed by atoms with van der Waals surface area (Å²) in [6, 6.07) is 3.44. The van der Waals surface area contributed by atoms with E-state index in [4.69, 9.17) is 9.47 Å². The summed E-state index contributed by atoms with van der Waals surface area (Å²) >= 11 is 0. The van der Waals surface area contributed by atoms with E-state index in [0.29, 0.717) is 17.1 Å². The zero-order chi connectivity index (χ0) is 12.1. The molecule has 0 spiro atoms. The summed E-state index contributed by atoms with van der Waals surface area (Å²) in [7, 11) is 3.09. The van der Waals surface area contributed by atoms with Gasteiger partial charge in [0.1, 0.15) is 11.5 Å². The lowest BCUT2D eigenvalue weighted by Crippen LogP contribution is -1.93. The number of nitro groups is 1. The molecule has 0 aliphatic heterocycles. The first-order chi connectivity index (χ1) is 7.58. The van der Waals surface area contributed by atoms with Crippen molar-refractivity contribution in [1.82, 2.24) is 0 Å². The standard InChI is InChI=1S/C11H13NO4/c1-8-10(15-2)6-9(4-5-12(13)14)7-11(8)16-3/h4-7H,1-3H3. The van der Waals surface area contributed by atoms with E-state index < -0.39 is 4.92 Å². The summed E-state index contributed by atoms with van der Waals surface area (Å²) in [5, 5.41) is 10.2. The average molecular weight is 223 g/mol. The van der Waals surface area contributed by atoms with E-state index in [-0.39, 0.29) is 0 Å². The predicted octanol–water partition coefficient (Wildman–Crippen LogP) is 2.26. The second kappa shape index (κ2) is 5.16. The number of hydrogen-bond acceptors (Lipinski definition) is 4. The Morgan fingerprint density at radius 1 is 1.25 bits per heavy atom. The van der Waals surface area contributed by atoms with E-state index in [2.05, 4.69) is 0 Å². The Kier molecular flexibility index (Phi) is 3.88. The molecule has 0 saturated carbocycles. The van der Waals surface area contributed by atoms with Crippen molar-refractivity contribution < 1.29 is 14.4 Å². The van der Waals surface area contributed by atoms with Gasteiger partial charge in [0, 0.05) is 11.6 Å².